The molecule has 0 saturated heterocycles. The van der Waals surface area contributed by atoms with Crippen LogP contribution in [0.2, 0.25) is 0 Å². The highest BCUT2D eigenvalue weighted by molar-refractivity contribution is 4.82. The van der Waals surface area contributed by atoms with Crippen LogP contribution in [0.1, 0.15) is 77.0 Å². The topological polar surface area (TPSA) is 40.5 Å². The van der Waals surface area contributed by atoms with Gasteiger partial charge in [0.05, 0.1) is 0 Å². The molecule has 0 aromatic heterocycles. The maximum atomic E-state index is 9.83. The van der Waals surface area contributed by atoms with Crippen molar-refractivity contribution in [2.24, 2.45) is 23.7 Å². The van der Waals surface area contributed by atoms with Gasteiger partial charge in [0.2, 0.25) is 0 Å². The molecule has 2 aliphatic carbocycles. The van der Waals surface area contributed by atoms with Gasteiger partial charge in [0, 0.05) is 13.2 Å². The third kappa shape index (κ3) is 4.73. The van der Waals surface area contributed by atoms with E-state index in [-0.39, 0.29) is 0 Å². The van der Waals surface area contributed by atoms with Crippen LogP contribution < -0.4 is 0 Å². The number of aliphatic hydroxyl groups is 2. The average molecular weight is 282 g/mol. The first-order valence-electron chi connectivity index (χ1n) is 9.07. The van der Waals surface area contributed by atoms with Crippen molar-refractivity contribution in [1.29, 1.82) is 0 Å². The molecule has 0 heterocycles. The first kappa shape index (κ1) is 16.3. The minimum absolute atomic E-state index is 0.349. The Labute approximate surface area is 125 Å². The largest absolute Gasteiger partial charge is 0.396 e. The lowest BCUT2D eigenvalue weighted by molar-refractivity contribution is 0.0664. The van der Waals surface area contributed by atoms with Crippen LogP contribution in [0.3, 0.4) is 0 Å². The zero-order valence-corrected chi connectivity index (χ0v) is 13.1. The summed E-state index contributed by atoms with van der Waals surface area (Å²) < 4.78 is 0. The standard InChI is InChI=1S/C18H34O2/c19-13-15-8-6-7-11-17(14-20)18(12-15)16-9-4-2-1-3-5-10-16/h15-20H,1-14H2. The van der Waals surface area contributed by atoms with E-state index in [1.54, 1.807) is 0 Å². The molecule has 2 heteroatoms. The van der Waals surface area contributed by atoms with E-state index in [1.165, 1.54) is 70.6 Å². The Morgan fingerprint density at radius 3 is 1.90 bits per heavy atom. The van der Waals surface area contributed by atoms with Gasteiger partial charge in [-0.05, 0) is 42.9 Å². The lowest BCUT2D eigenvalue weighted by Crippen LogP contribution is -2.31. The van der Waals surface area contributed by atoms with Crippen molar-refractivity contribution in [3.05, 3.63) is 0 Å². The number of hydrogen-bond acceptors (Lipinski definition) is 2. The molecule has 0 amide bonds. The summed E-state index contributed by atoms with van der Waals surface area (Å²) in [4.78, 5) is 0. The fourth-order valence-electron chi connectivity index (χ4n) is 4.63. The van der Waals surface area contributed by atoms with E-state index in [0.29, 0.717) is 31.0 Å². The molecule has 2 saturated carbocycles. The van der Waals surface area contributed by atoms with E-state index in [2.05, 4.69) is 0 Å². The van der Waals surface area contributed by atoms with Crippen LogP contribution in [0.25, 0.3) is 0 Å². The van der Waals surface area contributed by atoms with Crippen molar-refractivity contribution < 1.29 is 10.2 Å². The van der Waals surface area contributed by atoms with Crippen molar-refractivity contribution in [1.82, 2.24) is 0 Å². The molecule has 0 spiro atoms. The molecular formula is C18H34O2. The molecule has 20 heavy (non-hydrogen) atoms. The van der Waals surface area contributed by atoms with E-state index in [0.717, 1.165) is 12.3 Å². The fraction of sp³-hybridized carbons (Fsp3) is 1.00. The van der Waals surface area contributed by atoms with Crippen LogP contribution >= 0.6 is 0 Å². The minimum Gasteiger partial charge on any atom is -0.396 e. The molecule has 2 nitrogen and oxygen atoms in total. The first-order chi connectivity index (χ1) is 9.85. The SMILES string of the molecule is OCC1CCCCC(CO)C(C2CCCCCCC2)C1. The molecule has 0 aliphatic heterocycles. The summed E-state index contributed by atoms with van der Waals surface area (Å²) in [5.74, 6) is 2.45. The highest BCUT2D eigenvalue weighted by Gasteiger charge is 2.32. The Hall–Kier alpha value is -0.0800. The molecule has 2 rings (SSSR count). The van der Waals surface area contributed by atoms with Crippen LogP contribution in [-0.2, 0) is 0 Å². The van der Waals surface area contributed by atoms with Crippen LogP contribution in [0, 0.1) is 23.7 Å². The van der Waals surface area contributed by atoms with Crippen LogP contribution in [0.15, 0.2) is 0 Å². The van der Waals surface area contributed by atoms with E-state index in [9.17, 15) is 10.2 Å². The zero-order valence-electron chi connectivity index (χ0n) is 13.1. The summed E-state index contributed by atoms with van der Waals surface area (Å²) in [6, 6.07) is 0. The number of aliphatic hydroxyl groups excluding tert-OH is 2. The van der Waals surface area contributed by atoms with Gasteiger partial charge in [0.25, 0.3) is 0 Å². The summed E-state index contributed by atoms with van der Waals surface area (Å²) in [6.45, 7) is 0.709. The minimum atomic E-state index is 0.349. The second kappa shape index (κ2) is 9.04. The summed E-state index contributed by atoms with van der Waals surface area (Å²) in [7, 11) is 0. The van der Waals surface area contributed by atoms with E-state index < -0.39 is 0 Å². The lowest BCUT2D eigenvalue weighted by atomic mass is 9.69. The second-order valence-electron chi connectivity index (χ2n) is 7.28. The summed E-state index contributed by atoms with van der Waals surface area (Å²) in [5, 5.41) is 19.5. The van der Waals surface area contributed by atoms with Crippen LogP contribution in [0.4, 0.5) is 0 Å². The number of rotatable bonds is 3. The molecule has 3 unspecified atom stereocenters. The van der Waals surface area contributed by atoms with E-state index in [4.69, 9.17) is 0 Å². The van der Waals surface area contributed by atoms with Crippen molar-refractivity contribution in [2.75, 3.05) is 13.2 Å². The molecule has 118 valence electrons. The predicted octanol–water partition coefficient (Wildman–Crippen LogP) is 4.14. The Morgan fingerprint density at radius 2 is 1.25 bits per heavy atom. The van der Waals surface area contributed by atoms with Gasteiger partial charge in [-0.1, -0.05) is 57.8 Å². The van der Waals surface area contributed by atoms with Gasteiger partial charge in [-0.25, -0.2) is 0 Å². The molecule has 2 aliphatic rings. The molecule has 0 aromatic rings. The molecule has 2 fully saturated rings. The van der Waals surface area contributed by atoms with Gasteiger partial charge >= 0.3 is 0 Å². The van der Waals surface area contributed by atoms with E-state index >= 15 is 0 Å². The fourth-order valence-corrected chi connectivity index (χ4v) is 4.63. The van der Waals surface area contributed by atoms with Gasteiger partial charge < -0.3 is 10.2 Å². The summed E-state index contributed by atoms with van der Waals surface area (Å²) >= 11 is 0. The lowest BCUT2D eigenvalue weighted by Gasteiger charge is -2.38. The number of hydrogen-bond donors (Lipinski definition) is 2. The monoisotopic (exact) mass is 282 g/mol. The summed E-state index contributed by atoms with van der Waals surface area (Å²) in [6.07, 6.45) is 15.7. The van der Waals surface area contributed by atoms with Crippen LogP contribution in [0.5, 0.6) is 0 Å². The van der Waals surface area contributed by atoms with Crippen molar-refractivity contribution in [3.63, 3.8) is 0 Å². The van der Waals surface area contributed by atoms with E-state index in [1.807, 2.05) is 0 Å². The van der Waals surface area contributed by atoms with Gasteiger partial charge in [0.1, 0.15) is 0 Å². The third-order valence-corrected chi connectivity index (χ3v) is 5.90. The average Bonchev–Trinajstić information content (AvgIpc) is 2.40. The normalized spacial score (nSPS) is 34.8. The van der Waals surface area contributed by atoms with Crippen molar-refractivity contribution in [3.8, 4) is 0 Å². The smallest absolute Gasteiger partial charge is 0.0462 e. The predicted molar refractivity (Wildman–Crippen MR) is 83.5 cm³/mol. The molecule has 0 radical (unpaired) electrons. The highest BCUT2D eigenvalue weighted by atomic mass is 16.3. The van der Waals surface area contributed by atoms with Gasteiger partial charge in [-0.15, -0.1) is 0 Å². The first-order valence-corrected chi connectivity index (χ1v) is 9.07. The van der Waals surface area contributed by atoms with Crippen molar-refractivity contribution in [2.45, 2.75) is 77.0 Å². The molecule has 0 bridgehead atoms. The Bertz CT molecular complexity index is 246. The molecular weight excluding hydrogens is 248 g/mol. The maximum absolute atomic E-state index is 9.83. The molecule has 2 N–H and O–H groups in total. The quantitative estimate of drug-likeness (QED) is 0.816. The summed E-state index contributed by atoms with van der Waals surface area (Å²) in [5.41, 5.74) is 0. The third-order valence-electron chi connectivity index (χ3n) is 5.90. The van der Waals surface area contributed by atoms with Gasteiger partial charge in [-0.2, -0.15) is 0 Å². The van der Waals surface area contributed by atoms with Crippen LogP contribution in [-0.4, -0.2) is 23.4 Å². The second-order valence-corrected chi connectivity index (χ2v) is 7.28. The van der Waals surface area contributed by atoms with Gasteiger partial charge in [-0.3, -0.25) is 0 Å². The Kier molecular flexibility index (Phi) is 7.37. The van der Waals surface area contributed by atoms with Crippen molar-refractivity contribution >= 4 is 0 Å². The zero-order chi connectivity index (χ0) is 14.2. The Balaban J connectivity index is 2.03. The maximum Gasteiger partial charge on any atom is 0.0462 e. The highest BCUT2D eigenvalue weighted by Crippen LogP contribution is 2.40. The molecule has 3 atom stereocenters. The molecule has 0 aromatic carbocycles. The Morgan fingerprint density at radius 1 is 0.650 bits per heavy atom. The van der Waals surface area contributed by atoms with Gasteiger partial charge in [0.15, 0.2) is 0 Å².